The number of benzene rings is 1. The number of aromatic amines is 1. The van der Waals surface area contributed by atoms with Gasteiger partial charge in [-0.3, -0.25) is 0 Å². The Kier molecular flexibility index (Phi) is 7.22. The molecule has 1 aromatic heterocycles. The minimum Gasteiger partial charge on any atom is -0.478 e. The minimum absolute atomic E-state index is 0.199. The Morgan fingerprint density at radius 3 is 2.35 bits per heavy atom. The molecule has 0 spiro atoms. The predicted molar refractivity (Wildman–Crippen MR) is 83.4 cm³/mol. The van der Waals surface area contributed by atoms with Gasteiger partial charge >= 0.3 is 11.9 Å². The van der Waals surface area contributed by atoms with Gasteiger partial charge in [-0.25, -0.2) is 14.0 Å². The third-order valence-corrected chi connectivity index (χ3v) is 2.66. The van der Waals surface area contributed by atoms with Gasteiger partial charge in [-0.15, -0.1) is 0 Å². The van der Waals surface area contributed by atoms with Gasteiger partial charge in [0.25, 0.3) is 0 Å². The SMILES string of the molecule is CNCc1c[nH]c(-c2ccccc2F)c1.O=C(O)/C=C/C(=O)O. The molecule has 0 radical (unpaired) electrons. The lowest BCUT2D eigenvalue weighted by atomic mass is 10.1. The monoisotopic (exact) mass is 320 g/mol. The van der Waals surface area contributed by atoms with Gasteiger partial charge in [0.05, 0.1) is 0 Å². The number of nitrogens with one attached hydrogen (secondary N) is 2. The van der Waals surface area contributed by atoms with Crippen LogP contribution in [0.4, 0.5) is 4.39 Å². The topological polar surface area (TPSA) is 102 Å². The van der Waals surface area contributed by atoms with Crippen molar-refractivity contribution in [3.63, 3.8) is 0 Å². The van der Waals surface area contributed by atoms with Crippen molar-refractivity contribution >= 4 is 11.9 Å². The van der Waals surface area contributed by atoms with Crippen molar-refractivity contribution in [3.05, 3.63) is 60.1 Å². The van der Waals surface area contributed by atoms with Crippen LogP contribution in [0.5, 0.6) is 0 Å². The fourth-order valence-electron chi connectivity index (χ4n) is 1.72. The van der Waals surface area contributed by atoms with E-state index in [1.54, 1.807) is 12.1 Å². The molecule has 0 aliphatic carbocycles. The fourth-order valence-corrected chi connectivity index (χ4v) is 1.72. The van der Waals surface area contributed by atoms with E-state index in [1.165, 1.54) is 6.07 Å². The Hall–Kier alpha value is -2.93. The first-order chi connectivity index (χ1) is 10.9. The van der Waals surface area contributed by atoms with Crippen molar-refractivity contribution in [2.24, 2.45) is 0 Å². The van der Waals surface area contributed by atoms with Crippen molar-refractivity contribution < 1.29 is 24.2 Å². The summed E-state index contributed by atoms with van der Waals surface area (Å²) in [4.78, 5) is 22.2. The standard InChI is InChI=1S/C12H13FN2.C4H4O4/c1-14-7-9-6-12(15-8-9)10-4-2-3-5-11(10)13;5-3(6)1-2-4(7)8/h2-6,8,14-15H,7H2,1H3;1-2H,(H,5,6)(H,7,8)/b;2-1+. The quantitative estimate of drug-likeness (QED) is 0.633. The van der Waals surface area contributed by atoms with Gasteiger partial charge in [-0.2, -0.15) is 0 Å². The highest BCUT2D eigenvalue weighted by atomic mass is 19.1. The van der Waals surface area contributed by atoms with Crippen molar-refractivity contribution in [3.8, 4) is 11.3 Å². The maximum atomic E-state index is 13.4. The van der Waals surface area contributed by atoms with Gasteiger partial charge < -0.3 is 20.5 Å². The van der Waals surface area contributed by atoms with Crippen LogP contribution in [-0.4, -0.2) is 34.2 Å². The van der Waals surface area contributed by atoms with Crippen LogP contribution >= 0.6 is 0 Å². The van der Waals surface area contributed by atoms with Crippen LogP contribution in [-0.2, 0) is 16.1 Å². The van der Waals surface area contributed by atoms with Gasteiger partial charge in [0.15, 0.2) is 0 Å². The number of carboxylic acids is 2. The molecule has 1 heterocycles. The second-order valence-electron chi connectivity index (χ2n) is 4.44. The molecule has 0 unspecified atom stereocenters. The molecule has 2 aromatic rings. The smallest absolute Gasteiger partial charge is 0.328 e. The average Bonchev–Trinajstić information content (AvgIpc) is 2.95. The van der Waals surface area contributed by atoms with E-state index in [9.17, 15) is 14.0 Å². The van der Waals surface area contributed by atoms with Gasteiger partial charge in [-0.05, 0) is 30.8 Å². The molecule has 23 heavy (non-hydrogen) atoms. The van der Waals surface area contributed by atoms with E-state index in [4.69, 9.17) is 10.2 Å². The number of hydrogen-bond donors (Lipinski definition) is 4. The van der Waals surface area contributed by atoms with Crippen LogP contribution in [0.2, 0.25) is 0 Å². The first-order valence-electron chi connectivity index (χ1n) is 6.64. The lowest BCUT2D eigenvalue weighted by Gasteiger charge is -1.98. The van der Waals surface area contributed by atoms with E-state index < -0.39 is 11.9 Å². The highest BCUT2D eigenvalue weighted by molar-refractivity contribution is 5.89. The summed E-state index contributed by atoms with van der Waals surface area (Å²) in [6.45, 7) is 0.783. The van der Waals surface area contributed by atoms with Crippen LogP contribution in [0.15, 0.2) is 48.7 Å². The van der Waals surface area contributed by atoms with Gasteiger partial charge in [0.1, 0.15) is 5.82 Å². The third kappa shape index (κ3) is 6.58. The van der Waals surface area contributed by atoms with Crippen LogP contribution in [0, 0.1) is 5.82 Å². The van der Waals surface area contributed by atoms with Gasteiger partial charge in [-0.1, -0.05) is 12.1 Å². The van der Waals surface area contributed by atoms with E-state index >= 15 is 0 Å². The molecule has 0 fully saturated rings. The molecule has 0 aliphatic heterocycles. The maximum Gasteiger partial charge on any atom is 0.328 e. The van der Waals surface area contributed by atoms with E-state index in [0.29, 0.717) is 17.7 Å². The zero-order valence-corrected chi connectivity index (χ0v) is 12.4. The molecule has 4 N–H and O–H groups in total. The van der Waals surface area contributed by atoms with Gasteiger partial charge in [0.2, 0.25) is 0 Å². The van der Waals surface area contributed by atoms with Crippen molar-refractivity contribution in [2.45, 2.75) is 6.54 Å². The maximum absolute atomic E-state index is 13.4. The zero-order valence-electron chi connectivity index (χ0n) is 12.4. The summed E-state index contributed by atoms with van der Waals surface area (Å²) < 4.78 is 13.4. The first kappa shape index (κ1) is 18.1. The van der Waals surface area contributed by atoms with E-state index in [-0.39, 0.29) is 5.82 Å². The molecular weight excluding hydrogens is 303 g/mol. The van der Waals surface area contributed by atoms with Crippen molar-refractivity contribution in [1.29, 1.82) is 0 Å². The molecular formula is C16H17FN2O4. The molecule has 0 aliphatic rings. The molecule has 6 nitrogen and oxygen atoms in total. The number of carbonyl (C=O) groups is 2. The average molecular weight is 320 g/mol. The number of carboxylic acid groups (broad SMARTS) is 2. The second kappa shape index (κ2) is 9.16. The molecule has 0 saturated heterocycles. The number of hydrogen-bond acceptors (Lipinski definition) is 3. The summed E-state index contributed by atoms with van der Waals surface area (Å²) in [5.41, 5.74) is 2.55. The molecule has 2 rings (SSSR count). The number of aliphatic carboxylic acids is 2. The third-order valence-electron chi connectivity index (χ3n) is 2.66. The molecule has 0 amide bonds. The Balaban J connectivity index is 0.000000284. The van der Waals surface area contributed by atoms with Gasteiger partial charge in [0, 0.05) is 36.2 Å². The Bertz CT molecular complexity index is 679. The number of H-pyrrole nitrogens is 1. The summed E-state index contributed by atoms with van der Waals surface area (Å²) in [5.74, 6) is -2.71. The van der Waals surface area contributed by atoms with Crippen LogP contribution in [0.25, 0.3) is 11.3 Å². The molecule has 7 heteroatoms. The summed E-state index contributed by atoms with van der Waals surface area (Å²) >= 11 is 0. The highest BCUT2D eigenvalue weighted by Gasteiger charge is 2.05. The Morgan fingerprint density at radius 1 is 1.22 bits per heavy atom. The lowest BCUT2D eigenvalue weighted by molar-refractivity contribution is -0.134. The summed E-state index contributed by atoms with van der Waals surface area (Å²) in [7, 11) is 1.88. The number of rotatable bonds is 5. The molecule has 122 valence electrons. The van der Waals surface area contributed by atoms with E-state index in [2.05, 4.69) is 10.3 Å². The normalized spacial score (nSPS) is 10.2. The molecule has 0 atom stereocenters. The number of halogens is 1. The summed E-state index contributed by atoms with van der Waals surface area (Å²) in [6.07, 6.45) is 3.00. The summed E-state index contributed by atoms with van der Waals surface area (Å²) in [6, 6.07) is 8.71. The van der Waals surface area contributed by atoms with E-state index in [0.717, 1.165) is 17.8 Å². The molecule has 0 saturated carbocycles. The van der Waals surface area contributed by atoms with Crippen molar-refractivity contribution in [2.75, 3.05) is 7.05 Å². The first-order valence-corrected chi connectivity index (χ1v) is 6.64. The van der Waals surface area contributed by atoms with Crippen molar-refractivity contribution in [1.82, 2.24) is 10.3 Å². The zero-order chi connectivity index (χ0) is 17.2. The lowest BCUT2D eigenvalue weighted by Crippen LogP contribution is -2.03. The largest absolute Gasteiger partial charge is 0.478 e. The molecule has 0 bridgehead atoms. The fraction of sp³-hybridized carbons (Fsp3) is 0.125. The minimum atomic E-state index is -1.26. The highest BCUT2D eigenvalue weighted by Crippen LogP contribution is 2.21. The van der Waals surface area contributed by atoms with Crippen LogP contribution < -0.4 is 5.32 Å². The van der Waals surface area contributed by atoms with E-state index in [1.807, 2.05) is 25.4 Å². The Labute approximate surface area is 132 Å². The van der Waals surface area contributed by atoms with Crippen LogP contribution in [0.3, 0.4) is 0 Å². The predicted octanol–water partition coefficient (Wildman–Crippen LogP) is 2.25. The number of aromatic nitrogens is 1. The molecule has 1 aromatic carbocycles. The van der Waals surface area contributed by atoms with Crippen LogP contribution in [0.1, 0.15) is 5.56 Å². The Morgan fingerprint density at radius 2 is 1.83 bits per heavy atom. The second-order valence-corrected chi connectivity index (χ2v) is 4.44. The summed E-state index contributed by atoms with van der Waals surface area (Å²) in [5, 5.41) is 18.7.